The van der Waals surface area contributed by atoms with E-state index >= 15 is 0 Å². The van der Waals surface area contributed by atoms with Gasteiger partial charge in [-0.25, -0.2) is 9.97 Å². The lowest BCUT2D eigenvalue weighted by Gasteiger charge is -2.25. The molecular formula is C13H24N4O. The van der Waals surface area contributed by atoms with Gasteiger partial charge in [0.2, 0.25) is 5.88 Å². The second-order valence-electron chi connectivity index (χ2n) is 5.14. The molecule has 0 fully saturated rings. The highest BCUT2D eigenvalue weighted by molar-refractivity contribution is 5.47. The van der Waals surface area contributed by atoms with Crippen LogP contribution in [0.2, 0.25) is 0 Å². The van der Waals surface area contributed by atoms with Gasteiger partial charge in [-0.05, 0) is 32.2 Å². The summed E-state index contributed by atoms with van der Waals surface area (Å²) in [6.07, 6.45) is 2.50. The van der Waals surface area contributed by atoms with E-state index in [1.54, 1.807) is 0 Å². The number of hydrogen-bond donors (Lipinski definition) is 2. The monoisotopic (exact) mass is 252 g/mol. The molecule has 0 unspecified atom stereocenters. The quantitative estimate of drug-likeness (QED) is 0.776. The molecule has 18 heavy (non-hydrogen) atoms. The molecule has 0 aliphatic rings. The van der Waals surface area contributed by atoms with E-state index in [-0.39, 0.29) is 5.41 Å². The lowest BCUT2D eigenvalue weighted by Crippen LogP contribution is -2.26. The molecule has 0 radical (unpaired) electrons. The van der Waals surface area contributed by atoms with Crippen molar-refractivity contribution in [2.75, 3.05) is 25.0 Å². The van der Waals surface area contributed by atoms with Gasteiger partial charge in [0.25, 0.3) is 0 Å². The lowest BCUT2D eigenvalue weighted by molar-refractivity contribution is 0.323. The summed E-state index contributed by atoms with van der Waals surface area (Å²) in [5.74, 6) is 1.48. The minimum atomic E-state index is 0.151. The summed E-state index contributed by atoms with van der Waals surface area (Å²) in [5, 5.41) is 3.35. The van der Waals surface area contributed by atoms with Crippen LogP contribution in [0.15, 0.2) is 6.33 Å². The second kappa shape index (κ2) is 6.54. The van der Waals surface area contributed by atoms with Gasteiger partial charge < -0.3 is 15.8 Å². The Morgan fingerprint density at radius 3 is 2.72 bits per heavy atom. The minimum absolute atomic E-state index is 0.151. The fourth-order valence-electron chi connectivity index (χ4n) is 1.70. The molecule has 0 bridgehead atoms. The summed E-state index contributed by atoms with van der Waals surface area (Å²) in [7, 11) is 0. The zero-order chi connectivity index (χ0) is 13.6. The predicted octanol–water partition coefficient (Wildman–Crippen LogP) is 1.97. The number of nitrogens with two attached hydrogens (primary N) is 1. The number of ether oxygens (including phenoxy) is 1. The molecule has 0 amide bonds. The third-order valence-electron chi connectivity index (χ3n) is 2.87. The first-order valence-electron chi connectivity index (χ1n) is 6.38. The molecule has 1 aromatic rings. The topological polar surface area (TPSA) is 73.1 Å². The molecule has 1 aromatic heterocycles. The maximum Gasteiger partial charge on any atom is 0.221 e. The van der Waals surface area contributed by atoms with E-state index in [1.807, 2.05) is 13.8 Å². The second-order valence-corrected chi connectivity index (χ2v) is 5.14. The van der Waals surface area contributed by atoms with Gasteiger partial charge in [-0.1, -0.05) is 13.8 Å². The molecule has 0 saturated carbocycles. The van der Waals surface area contributed by atoms with Crippen LogP contribution in [-0.4, -0.2) is 29.7 Å². The number of nitrogens with one attached hydrogen (secondary N) is 1. The van der Waals surface area contributed by atoms with Gasteiger partial charge in [-0.15, -0.1) is 0 Å². The van der Waals surface area contributed by atoms with Crippen molar-refractivity contribution in [3.05, 3.63) is 11.9 Å². The largest absolute Gasteiger partial charge is 0.478 e. The Bertz CT molecular complexity index is 379. The third kappa shape index (κ3) is 4.14. The van der Waals surface area contributed by atoms with Gasteiger partial charge in [0, 0.05) is 6.54 Å². The Labute approximate surface area is 109 Å². The molecular weight excluding hydrogens is 228 g/mol. The van der Waals surface area contributed by atoms with Crippen molar-refractivity contribution in [3.8, 4) is 5.88 Å². The van der Waals surface area contributed by atoms with Crippen LogP contribution in [0.1, 0.15) is 32.8 Å². The number of aromatic nitrogens is 2. The van der Waals surface area contributed by atoms with E-state index in [2.05, 4.69) is 29.1 Å². The molecule has 1 heterocycles. The molecule has 5 heteroatoms. The minimum Gasteiger partial charge on any atom is -0.478 e. The summed E-state index contributed by atoms with van der Waals surface area (Å²) >= 11 is 0. The Balaban J connectivity index is 2.70. The predicted molar refractivity (Wildman–Crippen MR) is 73.9 cm³/mol. The van der Waals surface area contributed by atoms with Crippen molar-refractivity contribution in [1.29, 1.82) is 0 Å². The number of hydrogen-bond acceptors (Lipinski definition) is 5. The summed E-state index contributed by atoms with van der Waals surface area (Å²) in [6.45, 7) is 10.4. The molecule has 1 rings (SSSR count). The average molecular weight is 252 g/mol. The van der Waals surface area contributed by atoms with Crippen molar-refractivity contribution in [2.45, 2.75) is 34.1 Å². The number of anilines is 1. The summed E-state index contributed by atoms with van der Waals surface area (Å²) in [5.41, 5.74) is 6.70. The van der Waals surface area contributed by atoms with Crippen molar-refractivity contribution in [3.63, 3.8) is 0 Å². The van der Waals surface area contributed by atoms with Crippen LogP contribution in [0, 0.1) is 12.3 Å². The molecule has 0 spiro atoms. The lowest BCUT2D eigenvalue weighted by atomic mass is 9.89. The fourth-order valence-corrected chi connectivity index (χ4v) is 1.70. The van der Waals surface area contributed by atoms with Gasteiger partial charge in [-0.3, -0.25) is 0 Å². The summed E-state index contributed by atoms with van der Waals surface area (Å²) in [4.78, 5) is 8.37. The van der Waals surface area contributed by atoms with Crippen LogP contribution in [-0.2, 0) is 0 Å². The maximum atomic E-state index is 5.60. The van der Waals surface area contributed by atoms with Crippen molar-refractivity contribution < 1.29 is 4.74 Å². The van der Waals surface area contributed by atoms with E-state index in [4.69, 9.17) is 10.5 Å². The van der Waals surface area contributed by atoms with Crippen LogP contribution in [0.5, 0.6) is 5.88 Å². The highest BCUT2D eigenvalue weighted by atomic mass is 16.5. The highest BCUT2D eigenvalue weighted by Gasteiger charge is 2.17. The van der Waals surface area contributed by atoms with E-state index in [9.17, 15) is 0 Å². The average Bonchev–Trinajstić information content (AvgIpc) is 2.30. The zero-order valence-electron chi connectivity index (χ0n) is 11.8. The van der Waals surface area contributed by atoms with Gasteiger partial charge in [0.1, 0.15) is 12.1 Å². The normalized spacial score (nSPS) is 11.4. The number of nitrogens with zero attached hydrogens (tertiary/aromatic N) is 2. The van der Waals surface area contributed by atoms with Crippen LogP contribution >= 0.6 is 0 Å². The van der Waals surface area contributed by atoms with Gasteiger partial charge >= 0.3 is 0 Å². The first-order chi connectivity index (χ1) is 8.50. The highest BCUT2D eigenvalue weighted by Crippen LogP contribution is 2.24. The summed E-state index contributed by atoms with van der Waals surface area (Å²) in [6, 6.07) is 0. The van der Waals surface area contributed by atoms with Crippen molar-refractivity contribution >= 4 is 5.82 Å². The Morgan fingerprint density at radius 1 is 1.39 bits per heavy atom. The molecule has 3 N–H and O–H groups in total. The maximum absolute atomic E-state index is 5.60. The molecule has 0 atom stereocenters. The summed E-state index contributed by atoms with van der Waals surface area (Å²) < 4.78 is 5.45. The molecule has 0 aliphatic carbocycles. The van der Waals surface area contributed by atoms with Crippen LogP contribution in [0.3, 0.4) is 0 Å². The van der Waals surface area contributed by atoms with Gasteiger partial charge in [0.15, 0.2) is 0 Å². The SMILES string of the molecule is CCOc1ncnc(NCC(C)(C)CCN)c1C. The first kappa shape index (κ1) is 14.7. The van der Waals surface area contributed by atoms with E-state index in [0.29, 0.717) is 19.0 Å². The third-order valence-corrected chi connectivity index (χ3v) is 2.87. The Kier molecular flexibility index (Phi) is 5.34. The van der Waals surface area contributed by atoms with Crippen molar-refractivity contribution in [1.82, 2.24) is 9.97 Å². The zero-order valence-corrected chi connectivity index (χ0v) is 11.8. The molecule has 5 nitrogen and oxygen atoms in total. The smallest absolute Gasteiger partial charge is 0.221 e. The van der Waals surface area contributed by atoms with Crippen LogP contribution in [0.25, 0.3) is 0 Å². The number of rotatable bonds is 7. The van der Waals surface area contributed by atoms with Crippen LogP contribution < -0.4 is 15.8 Å². The fraction of sp³-hybridized carbons (Fsp3) is 0.692. The Hall–Kier alpha value is -1.36. The molecule has 0 aliphatic heterocycles. The van der Waals surface area contributed by atoms with E-state index in [0.717, 1.165) is 24.3 Å². The van der Waals surface area contributed by atoms with E-state index < -0.39 is 0 Å². The van der Waals surface area contributed by atoms with Crippen LogP contribution in [0.4, 0.5) is 5.82 Å². The van der Waals surface area contributed by atoms with Gasteiger partial charge in [-0.2, -0.15) is 0 Å². The Morgan fingerprint density at radius 2 is 2.11 bits per heavy atom. The molecule has 0 aromatic carbocycles. The molecule has 102 valence electrons. The van der Waals surface area contributed by atoms with E-state index in [1.165, 1.54) is 6.33 Å². The first-order valence-corrected chi connectivity index (χ1v) is 6.38. The molecule has 0 saturated heterocycles. The van der Waals surface area contributed by atoms with Gasteiger partial charge in [0.05, 0.1) is 12.2 Å². The van der Waals surface area contributed by atoms with Crippen molar-refractivity contribution in [2.24, 2.45) is 11.1 Å². The standard InChI is InChI=1S/C13H24N4O/c1-5-18-12-10(2)11(16-9-17-12)15-8-13(3,4)6-7-14/h9H,5-8,14H2,1-4H3,(H,15,16,17).